The topological polar surface area (TPSA) is 47.6 Å². The third-order valence-corrected chi connectivity index (χ3v) is 0.702. The van der Waals surface area contributed by atoms with Crippen molar-refractivity contribution < 1.29 is 0 Å². The van der Waals surface area contributed by atoms with Crippen LogP contribution in [0.4, 0.5) is 0 Å². The highest BCUT2D eigenvalue weighted by Crippen LogP contribution is 1.62. The average molecular weight is 173 g/mol. The second-order valence-corrected chi connectivity index (χ2v) is 1.53. The number of hydrogen-bond acceptors (Lipinski definition) is 2. The summed E-state index contributed by atoms with van der Waals surface area (Å²) in [5.41, 5.74) is 0. The zero-order valence-electron chi connectivity index (χ0n) is 6.97. The molecule has 0 unspecified atom stereocenters. The van der Waals surface area contributed by atoms with E-state index in [1.807, 2.05) is 0 Å². The van der Waals surface area contributed by atoms with Gasteiger partial charge in [-0.25, -0.2) is 0 Å². The molecule has 0 aliphatic heterocycles. The summed E-state index contributed by atoms with van der Waals surface area (Å²) >= 11 is 0. The largest absolute Gasteiger partial charge is 0.255 e. The van der Waals surface area contributed by atoms with Crippen molar-refractivity contribution in [2.45, 2.75) is 0 Å². The van der Waals surface area contributed by atoms with Crippen LogP contribution in [-0.2, 0) is 0 Å². The summed E-state index contributed by atoms with van der Waals surface area (Å²) in [6.45, 7) is 0. The Morgan fingerprint density at radius 1 is 0.786 bits per heavy atom. The molecular weight excluding hydrogens is 172 g/mol. The molecule has 14 heavy (non-hydrogen) atoms. The molecule has 2 heteroatoms. The molecule has 0 aliphatic rings. The lowest BCUT2D eigenvalue weighted by Crippen LogP contribution is -1.54. The van der Waals surface area contributed by atoms with Gasteiger partial charge in [-0.3, -0.25) is 0 Å². The molecule has 58 valence electrons. The Kier molecular flexibility index (Phi) is 7.66. The summed E-state index contributed by atoms with van der Waals surface area (Å²) in [5, 5.41) is 16.1. The third kappa shape index (κ3) is 8.87. The van der Waals surface area contributed by atoms with Crippen LogP contribution in [0.15, 0.2) is 6.08 Å². The Hall–Kier alpha value is -3.13. The summed E-state index contributed by atoms with van der Waals surface area (Å²) in [6, 6.07) is 3.34. The molecule has 2 nitrogen and oxygen atoms in total. The number of rotatable bonds is 0. The lowest BCUT2D eigenvalue weighted by Gasteiger charge is -1.50. The van der Waals surface area contributed by atoms with E-state index in [4.69, 9.17) is 10.5 Å². The van der Waals surface area contributed by atoms with Gasteiger partial charge in [-0.2, -0.15) is 5.26 Å². The quantitative estimate of drug-likeness (QED) is 0.302. The molecule has 0 saturated carbocycles. The first-order chi connectivity index (χ1) is 6.91. The van der Waals surface area contributed by atoms with Gasteiger partial charge in [0.2, 0.25) is 6.08 Å². The van der Waals surface area contributed by atoms with Crippen LogP contribution >= 0.6 is 0 Å². The Labute approximate surface area is 82.8 Å². The molecule has 0 radical (unpaired) electrons. The fraction of sp³-hybridized carbons (Fsp3) is 0. The van der Waals surface area contributed by atoms with Crippen molar-refractivity contribution in [1.82, 2.24) is 0 Å². The van der Waals surface area contributed by atoms with E-state index in [0.717, 1.165) is 6.08 Å². The van der Waals surface area contributed by atoms with E-state index in [9.17, 15) is 0 Å². The minimum atomic E-state index is 1.12. The van der Waals surface area contributed by atoms with E-state index in [-0.39, 0.29) is 0 Å². The minimum absolute atomic E-state index is 1.12. The predicted octanol–water partition coefficient (Wildman–Crippen LogP) is 0.407. The highest BCUT2D eigenvalue weighted by Gasteiger charge is 1.71. The van der Waals surface area contributed by atoms with E-state index >= 15 is 0 Å². The highest BCUT2D eigenvalue weighted by molar-refractivity contribution is 5.41. The minimum Gasteiger partial charge on any atom is -0.183 e. The van der Waals surface area contributed by atoms with Crippen LogP contribution in [0.5, 0.6) is 0 Å². The summed E-state index contributed by atoms with van der Waals surface area (Å²) < 4.78 is 0. The van der Waals surface area contributed by atoms with Crippen molar-refractivity contribution in [1.29, 1.82) is 10.5 Å². The Balaban J connectivity index is 4.13. The van der Waals surface area contributed by atoms with E-state index in [0.29, 0.717) is 0 Å². The zero-order valence-corrected chi connectivity index (χ0v) is 6.97. The monoisotopic (exact) mass is 173 g/mol. The average Bonchev–Trinajstić information content (AvgIpc) is 2.21. The van der Waals surface area contributed by atoms with Crippen LogP contribution in [0.25, 0.3) is 0 Å². The number of allylic oxidation sites excluding steroid dienone is 2. The first-order valence-corrected chi connectivity index (χ1v) is 3.27. The number of nitriles is 2. The molecule has 0 spiro atoms. The molecule has 0 aromatic carbocycles. The lowest BCUT2D eigenvalue weighted by molar-refractivity contribution is 1.53. The van der Waals surface area contributed by atoms with Crippen LogP contribution in [0, 0.1) is 76.1 Å². The standard InChI is InChI=1S/C12HN2/c13-11-9-7-5-3-1-2-4-6-8-10-12-14/h9H/q+1. The van der Waals surface area contributed by atoms with Gasteiger partial charge in [0.15, 0.2) is 17.9 Å². The molecule has 0 aromatic rings. The van der Waals surface area contributed by atoms with Crippen molar-refractivity contribution in [2.75, 3.05) is 0 Å². The molecule has 0 N–H and O–H groups in total. The maximum atomic E-state index is 8.05. The smallest absolute Gasteiger partial charge is 0.183 e. The van der Waals surface area contributed by atoms with Gasteiger partial charge in [-0.05, 0) is 0 Å². The van der Waals surface area contributed by atoms with Gasteiger partial charge in [-0.1, -0.05) is 5.26 Å². The van der Waals surface area contributed by atoms with Crippen LogP contribution in [-0.4, -0.2) is 0 Å². The van der Waals surface area contributed by atoms with Crippen molar-refractivity contribution in [3.63, 3.8) is 0 Å². The fourth-order valence-electron chi connectivity index (χ4n) is 0.320. The van der Waals surface area contributed by atoms with Crippen LogP contribution < -0.4 is 0 Å². The van der Waals surface area contributed by atoms with Crippen LogP contribution in [0.3, 0.4) is 0 Å². The molecule has 0 heterocycles. The van der Waals surface area contributed by atoms with E-state index in [2.05, 4.69) is 53.4 Å². The molecular formula is C12HN2+. The van der Waals surface area contributed by atoms with Crippen molar-refractivity contribution in [2.24, 2.45) is 0 Å². The van der Waals surface area contributed by atoms with Crippen LogP contribution in [0.2, 0.25) is 0 Å². The maximum absolute atomic E-state index is 8.05. The molecule has 0 atom stereocenters. The van der Waals surface area contributed by atoms with Gasteiger partial charge < -0.3 is 0 Å². The summed E-state index contributed by atoms with van der Waals surface area (Å²) in [7, 11) is 0. The molecule has 0 fully saturated rings. The third-order valence-electron chi connectivity index (χ3n) is 0.702. The van der Waals surface area contributed by atoms with Crippen molar-refractivity contribution in [3.8, 4) is 59.5 Å². The van der Waals surface area contributed by atoms with Gasteiger partial charge in [0.05, 0.1) is 5.92 Å². The fourth-order valence-corrected chi connectivity index (χ4v) is 0.320. The molecule has 0 saturated heterocycles. The van der Waals surface area contributed by atoms with E-state index in [1.54, 1.807) is 12.1 Å². The predicted molar refractivity (Wildman–Crippen MR) is 50.1 cm³/mol. The zero-order chi connectivity index (χ0) is 10.5. The number of nitrogens with zero attached hydrogens (tertiary/aromatic N) is 2. The normalized spacial score (nSPS) is 4.71. The summed E-state index contributed by atoms with van der Waals surface area (Å²) in [6.07, 6.45) is 3.50. The molecule has 0 aromatic heterocycles. The number of hydrogen-bond donors (Lipinski definition) is 0. The summed E-state index contributed by atoms with van der Waals surface area (Å²) in [4.78, 5) is 0. The highest BCUT2D eigenvalue weighted by atomic mass is 14.2. The Morgan fingerprint density at radius 2 is 1.36 bits per heavy atom. The Bertz CT molecular complexity index is 535. The van der Waals surface area contributed by atoms with Gasteiger partial charge >= 0.3 is 0 Å². The van der Waals surface area contributed by atoms with E-state index in [1.165, 1.54) is 0 Å². The van der Waals surface area contributed by atoms with Crippen LogP contribution in [0.1, 0.15) is 0 Å². The van der Waals surface area contributed by atoms with Gasteiger partial charge in [0.25, 0.3) is 6.07 Å². The molecule has 0 aliphatic carbocycles. The first kappa shape index (κ1) is 10.9. The van der Waals surface area contributed by atoms with Gasteiger partial charge in [0, 0.05) is 29.6 Å². The summed E-state index contributed by atoms with van der Waals surface area (Å²) in [5.74, 6) is 18.6. The second-order valence-electron chi connectivity index (χ2n) is 1.53. The lowest BCUT2D eigenvalue weighted by atomic mass is 10.5. The first-order valence-electron chi connectivity index (χ1n) is 3.27. The molecule has 0 bridgehead atoms. The van der Waals surface area contributed by atoms with Gasteiger partial charge in [-0.15, -0.1) is 0 Å². The second kappa shape index (κ2) is 9.87. The Morgan fingerprint density at radius 3 is 1.93 bits per heavy atom. The SMILES string of the molecule is N#CC#CC#CC#CC#C[C+]=CC#N. The van der Waals surface area contributed by atoms with E-state index < -0.39 is 0 Å². The maximum Gasteiger partial charge on any atom is 0.255 e. The van der Waals surface area contributed by atoms with Gasteiger partial charge in [0.1, 0.15) is 6.08 Å². The van der Waals surface area contributed by atoms with Crippen molar-refractivity contribution in [3.05, 3.63) is 12.2 Å². The van der Waals surface area contributed by atoms with Crippen molar-refractivity contribution >= 4 is 0 Å². The molecule has 0 rings (SSSR count). The molecule has 0 amide bonds.